The standard InChI is InChI=1S/C14H26N2O4/c1-6-9(4)12(16-11(17)7-8(2)3)13(18)15-10(5)14(19)20/h8-10,12H,6-7H2,1-5H3,(H,15,18)(H,16,17)(H,19,20)/t9-,10-,12-/m0/s1. The average molecular weight is 286 g/mol. The number of carbonyl (C=O) groups is 3. The molecule has 0 heterocycles. The topological polar surface area (TPSA) is 95.5 Å². The van der Waals surface area contributed by atoms with Crippen LogP contribution in [0.4, 0.5) is 0 Å². The summed E-state index contributed by atoms with van der Waals surface area (Å²) in [5.41, 5.74) is 0. The molecule has 0 aromatic carbocycles. The molecule has 20 heavy (non-hydrogen) atoms. The average Bonchev–Trinajstić information content (AvgIpc) is 2.33. The molecule has 0 aliphatic carbocycles. The fourth-order valence-electron chi connectivity index (χ4n) is 1.67. The van der Waals surface area contributed by atoms with E-state index in [0.717, 1.165) is 0 Å². The summed E-state index contributed by atoms with van der Waals surface area (Å²) >= 11 is 0. The van der Waals surface area contributed by atoms with Gasteiger partial charge < -0.3 is 15.7 Å². The summed E-state index contributed by atoms with van der Waals surface area (Å²) in [6.07, 6.45) is 1.05. The Morgan fingerprint density at radius 2 is 1.60 bits per heavy atom. The van der Waals surface area contributed by atoms with E-state index in [1.807, 2.05) is 27.7 Å². The molecule has 3 atom stereocenters. The molecule has 6 nitrogen and oxygen atoms in total. The van der Waals surface area contributed by atoms with Crippen molar-refractivity contribution in [1.82, 2.24) is 10.6 Å². The van der Waals surface area contributed by atoms with Gasteiger partial charge in [0.1, 0.15) is 12.1 Å². The Labute approximate surface area is 120 Å². The predicted molar refractivity (Wildman–Crippen MR) is 76.1 cm³/mol. The molecule has 0 saturated carbocycles. The third-order valence-corrected chi connectivity index (χ3v) is 3.13. The second-order valence-corrected chi connectivity index (χ2v) is 5.60. The molecule has 0 aromatic heterocycles. The summed E-state index contributed by atoms with van der Waals surface area (Å²) in [6.45, 7) is 9.00. The first-order valence-corrected chi connectivity index (χ1v) is 7.01. The van der Waals surface area contributed by atoms with Gasteiger partial charge in [0.2, 0.25) is 11.8 Å². The fraction of sp³-hybridized carbons (Fsp3) is 0.786. The first-order valence-electron chi connectivity index (χ1n) is 7.01. The molecular formula is C14H26N2O4. The third-order valence-electron chi connectivity index (χ3n) is 3.13. The Morgan fingerprint density at radius 3 is 2.00 bits per heavy atom. The third kappa shape index (κ3) is 6.54. The molecule has 0 fully saturated rings. The lowest BCUT2D eigenvalue weighted by molar-refractivity contribution is -0.142. The SMILES string of the molecule is CC[C@H](C)[C@H](NC(=O)CC(C)C)C(=O)N[C@@H](C)C(=O)O. The van der Waals surface area contributed by atoms with E-state index < -0.39 is 24.0 Å². The van der Waals surface area contributed by atoms with Crippen LogP contribution in [0.1, 0.15) is 47.5 Å². The monoisotopic (exact) mass is 286 g/mol. The van der Waals surface area contributed by atoms with E-state index in [4.69, 9.17) is 5.11 Å². The molecule has 0 spiro atoms. The van der Waals surface area contributed by atoms with Gasteiger partial charge in [-0.25, -0.2) is 0 Å². The normalized spacial score (nSPS) is 15.3. The van der Waals surface area contributed by atoms with Gasteiger partial charge in [-0.05, 0) is 18.8 Å². The molecule has 0 bridgehead atoms. The molecule has 0 unspecified atom stereocenters. The van der Waals surface area contributed by atoms with Gasteiger partial charge in [-0.3, -0.25) is 14.4 Å². The van der Waals surface area contributed by atoms with Crippen LogP contribution in [-0.2, 0) is 14.4 Å². The quantitative estimate of drug-likeness (QED) is 0.624. The second kappa shape index (κ2) is 8.55. The van der Waals surface area contributed by atoms with Gasteiger partial charge in [0.15, 0.2) is 0 Å². The maximum atomic E-state index is 12.1. The first kappa shape index (κ1) is 18.4. The number of carboxylic acids is 1. The van der Waals surface area contributed by atoms with Crippen molar-refractivity contribution < 1.29 is 19.5 Å². The Kier molecular flexibility index (Phi) is 7.87. The summed E-state index contributed by atoms with van der Waals surface area (Å²) in [5.74, 6) is -1.61. The summed E-state index contributed by atoms with van der Waals surface area (Å²) < 4.78 is 0. The van der Waals surface area contributed by atoms with Gasteiger partial charge in [0.05, 0.1) is 0 Å². The van der Waals surface area contributed by atoms with Crippen molar-refractivity contribution in [3.63, 3.8) is 0 Å². The number of aliphatic carboxylic acids is 1. The highest BCUT2D eigenvalue weighted by atomic mass is 16.4. The van der Waals surface area contributed by atoms with Crippen LogP contribution in [0.2, 0.25) is 0 Å². The molecule has 6 heteroatoms. The van der Waals surface area contributed by atoms with E-state index in [0.29, 0.717) is 12.8 Å². The highest BCUT2D eigenvalue weighted by Crippen LogP contribution is 2.09. The van der Waals surface area contributed by atoms with Gasteiger partial charge in [0.25, 0.3) is 0 Å². The largest absolute Gasteiger partial charge is 0.480 e. The van der Waals surface area contributed by atoms with Crippen LogP contribution in [-0.4, -0.2) is 35.0 Å². The summed E-state index contributed by atoms with van der Waals surface area (Å²) in [6, 6.07) is -1.68. The van der Waals surface area contributed by atoms with E-state index in [1.54, 1.807) is 0 Å². The highest BCUT2D eigenvalue weighted by molar-refractivity contribution is 5.90. The van der Waals surface area contributed by atoms with Gasteiger partial charge in [0, 0.05) is 6.42 Å². The minimum absolute atomic E-state index is 0.0629. The van der Waals surface area contributed by atoms with Crippen molar-refractivity contribution in [2.45, 2.75) is 59.5 Å². The molecule has 0 aliphatic rings. The zero-order valence-electron chi connectivity index (χ0n) is 12.9. The molecule has 0 rings (SSSR count). The number of carboxylic acid groups (broad SMARTS) is 1. The lowest BCUT2D eigenvalue weighted by Crippen LogP contribution is -2.53. The number of rotatable bonds is 8. The second-order valence-electron chi connectivity index (χ2n) is 5.60. The van der Waals surface area contributed by atoms with Gasteiger partial charge in [-0.15, -0.1) is 0 Å². The predicted octanol–water partition coefficient (Wildman–Crippen LogP) is 1.15. The van der Waals surface area contributed by atoms with Gasteiger partial charge in [-0.1, -0.05) is 34.1 Å². The Bertz CT molecular complexity index is 355. The summed E-state index contributed by atoms with van der Waals surface area (Å²) in [7, 11) is 0. The number of hydrogen-bond acceptors (Lipinski definition) is 3. The van der Waals surface area contributed by atoms with E-state index in [9.17, 15) is 14.4 Å². The van der Waals surface area contributed by atoms with Crippen LogP contribution >= 0.6 is 0 Å². The van der Waals surface area contributed by atoms with Crippen LogP contribution in [0.15, 0.2) is 0 Å². The molecule has 0 aromatic rings. The molecule has 116 valence electrons. The summed E-state index contributed by atoms with van der Waals surface area (Å²) in [5, 5.41) is 13.9. The molecule has 2 amide bonds. The first-order chi connectivity index (χ1) is 9.18. The zero-order valence-corrected chi connectivity index (χ0v) is 12.9. The van der Waals surface area contributed by atoms with Crippen molar-refractivity contribution in [2.75, 3.05) is 0 Å². The maximum absolute atomic E-state index is 12.1. The molecule has 0 aliphatic heterocycles. The van der Waals surface area contributed by atoms with Crippen molar-refractivity contribution in [1.29, 1.82) is 0 Å². The van der Waals surface area contributed by atoms with Crippen molar-refractivity contribution in [3.8, 4) is 0 Å². The van der Waals surface area contributed by atoms with Gasteiger partial charge >= 0.3 is 5.97 Å². The molecular weight excluding hydrogens is 260 g/mol. The number of hydrogen-bond donors (Lipinski definition) is 3. The smallest absolute Gasteiger partial charge is 0.325 e. The van der Waals surface area contributed by atoms with Crippen molar-refractivity contribution in [3.05, 3.63) is 0 Å². The van der Waals surface area contributed by atoms with E-state index in [-0.39, 0.29) is 17.7 Å². The van der Waals surface area contributed by atoms with E-state index >= 15 is 0 Å². The number of carbonyl (C=O) groups excluding carboxylic acids is 2. The number of nitrogens with one attached hydrogen (secondary N) is 2. The minimum atomic E-state index is -1.10. The summed E-state index contributed by atoms with van der Waals surface area (Å²) in [4.78, 5) is 34.7. The number of amides is 2. The van der Waals surface area contributed by atoms with E-state index in [2.05, 4.69) is 10.6 Å². The maximum Gasteiger partial charge on any atom is 0.325 e. The Balaban J connectivity index is 4.75. The van der Waals surface area contributed by atoms with Crippen molar-refractivity contribution in [2.24, 2.45) is 11.8 Å². The van der Waals surface area contributed by atoms with Crippen LogP contribution in [0.3, 0.4) is 0 Å². The molecule has 0 saturated heterocycles. The van der Waals surface area contributed by atoms with Crippen LogP contribution in [0, 0.1) is 11.8 Å². The van der Waals surface area contributed by atoms with Crippen LogP contribution in [0.25, 0.3) is 0 Å². The highest BCUT2D eigenvalue weighted by Gasteiger charge is 2.28. The fourth-order valence-corrected chi connectivity index (χ4v) is 1.67. The molecule has 3 N–H and O–H groups in total. The molecule has 0 radical (unpaired) electrons. The lowest BCUT2D eigenvalue weighted by atomic mass is 9.97. The van der Waals surface area contributed by atoms with Crippen molar-refractivity contribution >= 4 is 17.8 Å². The lowest BCUT2D eigenvalue weighted by Gasteiger charge is -2.25. The Hall–Kier alpha value is -1.59. The van der Waals surface area contributed by atoms with Gasteiger partial charge in [-0.2, -0.15) is 0 Å². The van der Waals surface area contributed by atoms with E-state index in [1.165, 1.54) is 6.92 Å². The zero-order chi connectivity index (χ0) is 15.9. The van der Waals surface area contributed by atoms with Crippen LogP contribution < -0.4 is 10.6 Å². The van der Waals surface area contributed by atoms with Crippen LogP contribution in [0.5, 0.6) is 0 Å². The minimum Gasteiger partial charge on any atom is -0.480 e. The Morgan fingerprint density at radius 1 is 1.05 bits per heavy atom.